The highest BCUT2D eigenvalue weighted by molar-refractivity contribution is 9.11. The molecule has 0 aromatic carbocycles. The molecule has 16 heteroatoms. The van der Waals surface area contributed by atoms with Crippen molar-refractivity contribution >= 4 is 34.1 Å². The first-order valence-corrected chi connectivity index (χ1v) is 25.2. The van der Waals surface area contributed by atoms with Crippen molar-refractivity contribution in [2.45, 2.75) is 177 Å². The summed E-state index contributed by atoms with van der Waals surface area (Å²) in [5.41, 5.74) is 3.86. The maximum Gasteiger partial charge on any atom is 0.330 e. The van der Waals surface area contributed by atoms with E-state index in [1.54, 1.807) is 37.6 Å². The number of allylic oxidation sites excluding steroid dienone is 2. The van der Waals surface area contributed by atoms with E-state index in [4.69, 9.17) is 52.0 Å². The van der Waals surface area contributed by atoms with Crippen LogP contribution >= 0.6 is 15.9 Å². The summed E-state index contributed by atoms with van der Waals surface area (Å²) >= 11 is 3.28. The number of aliphatic hydroxyl groups is 3. The first-order valence-electron chi connectivity index (χ1n) is 24.3. The summed E-state index contributed by atoms with van der Waals surface area (Å²) in [7, 11) is 3.22. The number of carbonyl (C=O) groups is 1. The molecule has 0 saturated carbocycles. The average Bonchev–Trinajstić information content (AvgIpc) is 3.96. The van der Waals surface area contributed by atoms with Crippen LogP contribution in [0.1, 0.15) is 121 Å². The highest BCUT2D eigenvalue weighted by Gasteiger charge is 2.45. The summed E-state index contributed by atoms with van der Waals surface area (Å²) in [4.78, 5) is 24.8. The fourth-order valence-electron chi connectivity index (χ4n) is 10.4. The van der Waals surface area contributed by atoms with Crippen LogP contribution in [-0.4, -0.2) is 118 Å². The van der Waals surface area contributed by atoms with Crippen LogP contribution in [0.15, 0.2) is 92.2 Å². The number of aromatic nitrogens is 2. The zero-order chi connectivity index (χ0) is 49.2. The molecule has 0 spiro atoms. The third kappa shape index (κ3) is 14.6. The van der Waals surface area contributed by atoms with Crippen molar-refractivity contribution in [2.75, 3.05) is 14.2 Å². The summed E-state index contributed by atoms with van der Waals surface area (Å²) < 4.78 is 55.2. The smallest absolute Gasteiger partial charge is 0.330 e. The van der Waals surface area contributed by atoms with E-state index in [-0.39, 0.29) is 67.2 Å². The molecule has 0 radical (unpaired) electrons. The number of esters is 1. The molecule has 7 heterocycles. The fourth-order valence-corrected chi connectivity index (χ4v) is 10.6. The Labute approximate surface area is 414 Å². The van der Waals surface area contributed by atoms with Gasteiger partial charge in [0.25, 0.3) is 0 Å². The van der Waals surface area contributed by atoms with Gasteiger partial charge in [-0.25, -0.2) is 14.8 Å². The molecular formula is C53H71BrN2O13. The number of hydrogen-bond donors (Lipinski definition) is 3. The fraction of sp³-hybridized carbons (Fsp3) is 0.604. The molecule has 15 nitrogen and oxygen atoms in total. The average molecular weight is 1020 g/mol. The van der Waals surface area contributed by atoms with Crippen LogP contribution in [0.5, 0.6) is 0 Å². The van der Waals surface area contributed by atoms with E-state index in [1.165, 1.54) is 12.3 Å². The first kappa shape index (κ1) is 53.0. The molecule has 7 rings (SSSR count). The monoisotopic (exact) mass is 1020 g/mol. The number of halogens is 1. The third-order valence-electron chi connectivity index (χ3n) is 13.9. The van der Waals surface area contributed by atoms with Crippen LogP contribution < -0.4 is 0 Å². The lowest BCUT2D eigenvalue weighted by atomic mass is 9.79. The molecule has 15 atom stereocenters. The van der Waals surface area contributed by atoms with Crippen LogP contribution in [0.2, 0.25) is 0 Å². The van der Waals surface area contributed by atoms with Gasteiger partial charge < -0.3 is 57.3 Å². The number of methoxy groups -OCH3 is 2. The Bertz CT molecular complexity index is 2210. The Balaban J connectivity index is 1.06. The van der Waals surface area contributed by atoms with Crippen molar-refractivity contribution in [3.63, 3.8) is 0 Å². The minimum absolute atomic E-state index is 0.0830. The first-order chi connectivity index (χ1) is 33.1. The SMILES string of the molecule is C=C1C[C@@H]2C[C@@H]3C[C@@H](O)C[C@@H](O3)c3coc(n3)/C=C/C[C@H]3O[C@@H](/C(C)=C/c4coc(C[C@]5(O)CC(OC)C[C@H]([C@H](O)/C=C(C)/C=C/[C@@H](C/C=C/Br)OC)O5)n4)[C@H](C)[C@@H](OC(=O)/C=C\C[C@@H](C1)O2)[C@H]3C. The van der Waals surface area contributed by atoms with Crippen LogP contribution in [0.25, 0.3) is 12.2 Å². The molecule has 5 aliphatic heterocycles. The topological polar surface area (TPSA) is 194 Å². The van der Waals surface area contributed by atoms with Crippen molar-refractivity contribution < 1.29 is 62.1 Å². The van der Waals surface area contributed by atoms with Crippen LogP contribution in [0, 0.1) is 11.8 Å². The van der Waals surface area contributed by atoms with Gasteiger partial charge in [-0.2, -0.15) is 0 Å². The molecule has 0 amide bonds. The van der Waals surface area contributed by atoms with E-state index in [0.29, 0.717) is 75.1 Å². The van der Waals surface area contributed by atoms with E-state index in [1.807, 2.05) is 64.2 Å². The molecule has 0 aliphatic carbocycles. The number of ether oxygens (including phenoxy) is 7. The van der Waals surface area contributed by atoms with E-state index in [0.717, 1.165) is 16.7 Å². The van der Waals surface area contributed by atoms with Gasteiger partial charge in [0.15, 0.2) is 11.7 Å². The third-order valence-corrected chi connectivity index (χ3v) is 14.2. The lowest BCUT2D eigenvalue weighted by Crippen LogP contribution is -2.51. The Kier molecular flexibility index (Phi) is 18.9. The van der Waals surface area contributed by atoms with E-state index in [9.17, 15) is 20.1 Å². The van der Waals surface area contributed by atoms with Gasteiger partial charge in [-0.05, 0) is 75.1 Å². The van der Waals surface area contributed by atoms with E-state index >= 15 is 0 Å². The van der Waals surface area contributed by atoms with E-state index in [2.05, 4.69) is 22.5 Å². The number of fused-ring (bicyclic) bond motifs is 9. The van der Waals surface area contributed by atoms with Crippen molar-refractivity contribution in [1.29, 1.82) is 0 Å². The van der Waals surface area contributed by atoms with Crippen molar-refractivity contribution in [2.24, 2.45) is 11.8 Å². The summed E-state index contributed by atoms with van der Waals surface area (Å²) in [6, 6.07) is 0. The molecular weight excluding hydrogens is 952 g/mol. The molecule has 5 aliphatic rings. The van der Waals surface area contributed by atoms with Gasteiger partial charge in [0.05, 0.1) is 67.5 Å². The Morgan fingerprint density at radius 2 is 1.78 bits per heavy atom. The molecule has 4 fully saturated rings. The van der Waals surface area contributed by atoms with Crippen LogP contribution in [0.4, 0.5) is 0 Å². The van der Waals surface area contributed by atoms with Gasteiger partial charge in [0.1, 0.15) is 36.1 Å². The van der Waals surface area contributed by atoms with Gasteiger partial charge in [-0.3, -0.25) is 0 Å². The second kappa shape index (κ2) is 24.5. The maximum absolute atomic E-state index is 13.6. The van der Waals surface area contributed by atoms with Gasteiger partial charge in [0, 0.05) is 57.8 Å². The normalized spacial score (nSPS) is 36.1. The number of oxazole rings is 2. The summed E-state index contributed by atoms with van der Waals surface area (Å²) in [5.74, 6) is -1.95. The predicted molar refractivity (Wildman–Crippen MR) is 261 cm³/mol. The second-order valence-corrected chi connectivity index (χ2v) is 20.0. The Hall–Kier alpha value is -3.81. The molecule has 1 unspecified atom stereocenters. The van der Waals surface area contributed by atoms with Crippen molar-refractivity contribution in [3.05, 3.63) is 107 Å². The zero-order valence-corrected chi connectivity index (χ0v) is 42.3. The predicted octanol–water partition coefficient (Wildman–Crippen LogP) is 8.76. The van der Waals surface area contributed by atoms with E-state index < -0.39 is 48.4 Å². The number of carbonyl (C=O) groups excluding carboxylic acids is 1. The number of aliphatic hydroxyl groups excluding tert-OH is 2. The number of hydrogen-bond acceptors (Lipinski definition) is 15. The van der Waals surface area contributed by atoms with Crippen LogP contribution in [0.3, 0.4) is 0 Å². The highest BCUT2D eigenvalue weighted by Crippen LogP contribution is 2.40. The lowest BCUT2D eigenvalue weighted by Gasteiger charge is -2.44. The van der Waals surface area contributed by atoms with Gasteiger partial charge >= 0.3 is 5.97 Å². The number of nitrogens with zero attached hydrogens (tertiary/aromatic N) is 2. The molecule has 69 heavy (non-hydrogen) atoms. The minimum Gasteiger partial charge on any atom is -0.458 e. The Morgan fingerprint density at radius 1 is 0.986 bits per heavy atom. The summed E-state index contributed by atoms with van der Waals surface area (Å²) in [6.45, 7) is 12.2. The van der Waals surface area contributed by atoms with Crippen LogP contribution in [-0.2, 0) is 44.4 Å². The summed E-state index contributed by atoms with van der Waals surface area (Å²) in [6.07, 6.45) is 19.5. The zero-order valence-electron chi connectivity index (χ0n) is 40.7. The quantitative estimate of drug-likeness (QED) is 0.104. The molecule has 2 aromatic rings. The second-order valence-electron chi connectivity index (χ2n) is 19.5. The summed E-state index contributed by atoms with van der Waals surface area (Å²) in [5, 5.41) is 33.9. The molecule has 378 valence electrons. The standard InChI is InChI=1S/C53H71BrN2O13/c1-31(16-17-38(61-6)12-10-18-54)21-44(58)47-26-42(62-7)27-53(60,69-47)28-49-55-36(29-63-49)22-33(3)51-35(5)52-34(4)45(67-51)13-9-14-48-56-43(30-64-48)46-24-37(57)23-41(66-46)25-40-20-32(2)19-39(65-40)11-8-15-50(59)68-52/h8-10,14-18,21-22,29-30,34-35,37-42,44-47,51-52,57-58,60H,2,11-13,19-20,23-28H2,1,3-7H3/b14-9+,15-8-,17-16+,18-10+,31-21+,33-22+/t34-,35-,37+,38+,39-,40+,41-,42?,44+,45+,46+,47+,51-,52-,53-/m0/s1. The molecule has 4 saturated heterocycles. The molecule has 3 N–H and O–H groups in total. The van der Waals surface area contributed by atoms with Crippen molar-refractivity contribution in [1.82, 2.24) is 9.97 Å². The van der Waals surface area contributed by atoms with Gasteiger partial charge in [0.2, 0.25) is 5.89 Å². The molecule has 8 bridgehead atoms. The minimum atomic E-state index is -1.73. The lowest BCUT2D eigenvalue weighted by molar-refractivity contribution is -0.286. The molecule has 2 aromatic heterocycles. The van der Waals surface area contributed by atoms with Crippen molar-refractivity contribution in [3.8, 4) is 0 Å². The number of rotatable bonds is 12. The highest BCUT2D eigenvalue weighted by atomic mass is 79.9. The maximum atomic E-state index is 13.6. The van der Waals surface area contributed by atoms with Gasteiger partial charge in [-0.1, -0.05) is 84.0 Å². The largest absolute Gasteiger partial charge is 0.458 e. The Morgan fingerprint density at radius 3 is 2.57 bits per heavy atom. The van der Waals surface area contributed by atoms with Gasteiger partial charge in [-0.15, -0.1) is 0 Å².